The molecule has 0 spiro atoms. The van der Waals surface area contributed by atoms with Gasteiger partial charge < -0.3 is 4.90 Å². The predicted molar refractivity (Wildman–Crippen MR) is 76.2 cm³/mol. The Morgan fingerprint density at radius 1 is 1.25 bits per heavy atom. The van der Waals surface area contributed by atoms with E-state index in [-0.39, 0.29) is 0 Å². The highest BCUT2D eigenvalue weighted by Gasteiger charge is 2.20. The molecule has 2 heteroatoms. The topological polar surface area (TPSA) is 3.24 Å². The zero-order chi connectivity index (χ0) is 12.0. The van der Waals surface area contributed by atoms with Gasteiger partial charge in [-0.3, -0.25) is 0 Å². The molecule has 1 rings (SSSR count). The minimum atomic E-state index is 0.796. The molecule has 0 aromatic carbocycles. The standard InChI is InChI=1S/C14H28BrN/c1-4-13-6-5-8-16(9-7-13)11-14(10-15)12(2)3/h12-14H,4-11H2,1-3H3. The maximum absolute atomic E-state index is 3.66. The second-order valence-corrected chi connectivity index (χ2v) is 6.31. The van der Waals surface area contributed by atoms with Crippen LogP contribution in [0.15, 0.2) is 0 Å². The first kappa shape index (κ1) is 14.5. The summed E-state index contributed by atoms with van der Waals surface area (Å²) in [6.07, 6.45) is 5.66. The second kappa shape index (κ2) is 7.71. The van der Waals surface area contributed by atoms with Gasteiger partial charge in [-0.05, 0) is 50.1 Å². The summed E-state index contributed by atoms with van der Waals surface area (Å²) < 4.78 is 0. The predicted octanol–water partition coefficient (Wildman–Crippen LogP) is 4.17. The van der Waals surface area contributed by atoms with Gasteiger partial charge in [-0.15, -0.1) is 0 Å². The molecule has 1 aliphatic heterocycles. The van der Waals surface area contributed by atoms with Gasteiger partial charge in [0.25, 0.3) is 0 Å². The fourth-order valence-electron chi connectivity index (χ4n) is 2.59. The monoisotopic (exact) mass is 289 g/mol. The van der Waals surface area contributed by atoms with Crippen molar-refractivity contribution >= 4 is 15.9 Å². The zero-order valence-electron chi connectivity index (χ0n) is 11.2. The van der Waals surface area contributed by atoms with E-state index in [4.69, 9.17) is 0 Å². The van der Waals surface area contributed by atoms with Crippen LogP contribution in [0, 0.1) is 17.8 Å². The van der Waals surface area contributed by atoms with E-state index >= 15 is 0 Å². The van der Waals surface area contributed by atoms with Crippen LogP contribution in [0.25, 0.3) is 0 Å². The summed E-state index contributed by atoms with van der Waals surface area (Å²) in [5.41, 5.74) is 0. The van der Waals surface area contributed by atoms with E-state index in [1.807, 2.05) is 0 Å². The Labute approximate surface area is 110 Å². The van der Waals surface area contributed by atoms with Gasteiger partial charge >= 0.3 is 0 Å². The molecule has 1 fully saturated rings. The maximum Gasteiger partial charge on any atom is 0.00743 e. The Bertz CT molecular complexity index is 182. The summed E-state index contributed by atoms with van der Waals surface area (Å²) in [6, 6.07) is 0. The Kier molecular flexibility index (Phi) is 6.98. The number of rotatable bonds is 5. The lowest BCUT2D eigenvalue weighted by Gasteiger charge is -2.27. The average molecular weight is 290 g/mol. The Hall–Kier alpha value is 0.440. The molecule has 96 valence electrons. The van der Waals surface area contributed by atoms with Crippen LogP contribution in [0.5, 0.6) is 0 Å². The maximum atomic E-state index is 3.66. The van der Waals surface area contributed by atoms with E-state index in [0.717, 1.165) is 23.1 Å². The minimum absolute atomic E-state index is 0.796. The highest BCUT2D eigenvalue weighted by Crippen LogP contribution is 2.22. The van der Waals surface area contributed by atoms with Crippen molar-refractivity contribution < 1.29 is 0 Å². The highest BCUT2D eigenvalue weighted by molar-refractivity contribution is 9.09. The van der Waals surface area contributed by atoms with E-state index in [1.54, 1.807) is 0 Å². The van der Waals surface area contributed by atoms with Crippen LogP contribution in [0.3, 0.4) is 0 Å². The molecular formula is C14H28BrN. The van der Waals surface area contributed by atoms with Crippen LogP contribution < -0.4 is 0 Å². The number of hydrogen-bond donors (Lipinski definition) is 0. The Morgan fingerprint density at radius 3 is 2.56 bits per heavy atom. The van der Waals surface area contributed by atoms with Crippen molar-refractivity contribution in [1.82, 2.24) is 4.90 Å². The highest BCUT2D eigenvalue weighted by atomic mass is 79.9. The van der Waals surface area contributed by atoms with Crippen LogP contribution in [0.1, 0.15) is 46.5 Å². The molecule has 0 amide bonds. The van der Waals surface area contributed by atoms with Crippen LogP contribution in [-0.2, 0) is 0 Å². The minimum Gasteiger partial charge on any atom is -0.303 e. The van der Waals surface area contributed by atoms with Gasteiger partial charge in [0.2, 0.25) is 0 Å². The van der Waals surface area contributed by atoms with E-state index in [0.29, 0.717) is 0 Å². The van der Waals surface area contributed by atoms with Crippen molar-refractivity contribution in [2.24, 2.45) is 17.8 Å². The SMILES string of the molecule is CCC1CCCN(CC(CBr)C(C)C)CC1. The molecule has 0 aromatic heterocycles. The van der Waals surface area contributed by atoms with Gasteiger partial charge in [0.15, 0.2) is 0 Å². The lowest BCUT2D eigenvalue weighted by atomic mass is 9.97. The molecule has 2 unspecified atom stereocenters. The summed E-state index contributed by atoms with van der Waals surface area (Å²) in [5, 5.41) is 1.15. The summed E-state index contributed by atoms with van der Waals surface area (Å²) in [4.78, 5) is 2.70. The molecule has 0 N–H and O–H groups in total. The van der Waals surface area contributed by atoms with Gasteiger partial charge in [-0.25, -0.2) is 0 Å². The van der Waals surface area contributed by atoms with E-state index in [1.165, 1.54) is 45.3 Å². The first-order valence-electron chi connectivity index (χ1n) is 6.95. The molecule has 2 atom stereocenters. The smallest absolute Gasteiger partial charge is 0.00743 e. The van der Waals surface area contributed by atoms with Crippen molar-refractivity contribution in [2.45, 2.75) is 46.5 Å². The molecule has 0 bridgehead atoms. The molecular weight excluding hydrogens is 262 g/mol. The summed E-state index contributed by atoms with van der Waals surface area (Å²) in [6.45, 7) is 11.0. The Morgan fingerprint density at radius 2 is 2.00 bits per heavy atom. The lowest BCUT2D eigenvalue weighted by molar-refractivity contribution is 0.219. The summed E-state index contributed by atoms with van der Waals surface area (Å²) in [7, 11) is 0. The first-order valence-corrected chi connectivity index (χ1v) is 8.07. The third kappa shape index (κ3) is 4.75. The number of hydrogen-bond acceptors (Lipinski definition) is 1. The number of likely N-dealkylation sites (tertiary alicyclic amines) is 1. The number of nitrogens with zero attached hydrogens (tertiary/aromatic N) is 1. The third-order valence-electron chi connectivity index (χ3n) is 4.15. The molecule has 1 nitrogen and oxygen atoms in total. The molecule has 0 radical (unpaired) electrons. The van der Waals surface area contributed by atoms with Gasteiger partial charge in [-0.1, -0.05) is 43.1 Å². The normalized spacial score (nSPS) is 25.7. The number of halogens is 1. The fraction of sp³-hybridized carbons (Fsp3) is 1.00. The van der Waals surface area contributed by atoms with Crippen LogP contribution in [-0.4, -0.2) is 29.9 Å². The molecule has 16 heavy (non-hydrogen) atoms. The quantitative estimate of drug-likeness (QED) is 0.687. The summed E-state index contributed by atoms with van der Waals surface area (Å²) >= 11 is 3.66. The molecule has 0 aromatic rings. The molecule has 1 aliphatic rings. The van der Waals surface area contributed by atoms with Gasteiger partial charge in [0, 0.05) is 11.9 Å². The largest absolute Gasteiger partial charge is 0.303 e. The molecule has 1 saturated heterocycles. The molecule has 0 aliphatic carbocycles. The first-order chi connectivity index (χ1) is 7.67. The lowest BCUT2D eigenvalue weighted by Crippen LogP contribution is -2.33. The third-order valence-corrected chi connectivity index (χ3v) is 4.98. The van der Waals surface area contributed by atoms with Crippen LogP contribution in [0.4, 0.5) is 0 Å². The van der Waals surface area contributed by atoms with Crippen molar-refractivity contribution in [3.63, 3.8) is 0 Å². The van der Waals surface area contributed by atoms with Gasteiger partial charge in [-0.2, -0.15) is 0 Å². The van der Waals surface area contributed by atoms with Gasteiger partial charge in [0.05, 0.1) is 0 Å². The van der Waals surface area contributed by atoms with Gasteiger partial charge in [0.1, 0.15) is 0 Å². The zero-order valence-corrected chi connectivity index (χ0v) is 12.8. The molecule has 0 saturated carbocycles. The average Bonchev–Trinajstić information content (AvgIpc) is 2.50. The van der Waals surface area contributed by atoms with E-state index < -0.39 is 0 Å². The van der Waals surface area contributed by atoms with Crippen molar-refractivity contribution in [3.05, 3.63) is 0 Å². The Balaban J connectivity index is 2.36. The second-order valence-electron chi connectivity index (χ2n) is 5.66. The molecule has 1 heterocycles. The van der Waals surface area contributed by atoms with Crippen LogP contribution in [0.2, 0.25) is 0 Å². The summed E-state index contributed by atoms with van der Waals surface area (Å²) in [5.74, 6) is 2.61. The van der Waals surface area contributed by atoms with Crippen molar-refractivity contribution in [2.75, 3.05) is 25.0 Å². The van der Waals surface area contributed by atoms with Crippen molar-refractivity contribution in [3.8, 4) is 0 Å². The fourth-order valence-corrected chi connectivity index (χ4v) is 3.54. The van der Waals surface area contributed by atoms with E-state index in [2.05, 4.69) is 41.6 Å². The number of alkyl halides is 1. The van der Waals surface area contributed by atoms with Crippen molar-refractivity contribution in [1.29, 1.82) is 0 Å². The van der Waals surface area contributed by atoms with E-state index in [9.17, 15) is 0 Å². The van der Waals surface area contributed by atoms with Crippen LogP contribution >= 0.6 is 15.9 Å².